The van der Waals surface area contributed by atoms with Gasteiger partial charge in [0.2, 0.25) is 0 Å². The highest BCUT2D eigenvalue weighted by Crippen LogP contribution is 2.23. The van der Waals surface area contributed by atoms with Crippen LogP contribution < -0.4 is 5.32 Å². The van der Waals surface area contributed by atoms with Gasteiger partial charge in [0.05, 0.1) is 29.8 Å². The van der Waals surface area contributed by atoms with Crippen LogP contribution in [-0.2, 0) is 22.9 Å². The average molecular weight is 404 g/mol. The third-order valence-electron chi connectivity index (χ3n) is 4.96. The Morgan fingerprint density at radius 1 is 1.25 bits per heavy atom. The highest BCUT2D eigenvalue weighted by molar-refractivity contribution is 7.92. The summed E-state index contributed by atoms with van der Waals surface area (Å²) in [6, 6.07) is 10.2. The van der Waals surface area contributed by atoms with Gasteiger partial charge in [-0.3, -0.25) is 4.68 Å². The summed E-state index contributed by atoms with van der Waals surface area (Å²) in [5, 5.41) is 7.71. The molecule has 152 valence electrons. The smallest absolute Gasteiger partial charge is 0.194 e. The molecular weight excluding hydrogens is 374 g/mol. The lowest BCUT2D eigenvalue weighted by molar-refractivity contribution is 0.353. The maximum Gasteiger partial charge on any atom is 0.194 e. The number of nitrogens with one attached hydrogen (secondary N) is 1. The molecule has 0 atom stereocenters. The third-order valence-corrected chi connectivity index (χ3v) is 7.50. The van der Waals surface area contributed by atoms with Crippen LogP contribution in [0.1, 0.15) is 31.9 Å². The van der Waals surface area contributed by atoms with Gasteiger partial charge in [-0.05, 0) is 26.3 Å². The van der Waals surface area contributed by atoms with Gasteiger partial charge in [-0.15, -0.1) is 0 Å². The number of hydrogen-bond donors (Lipinski definition) is 1. The van der Waals surface area contributed by atoms with E-state index in [2.05, 4.69) is 22.5 Å². The quantitative estimate of drug-likeness (QED) is 0.609. The van der Waals surface area contributed by atoms with E-state index in [1.807, 2.05) is 47.1 Å². The Morgan fingerprint density at radius 3 is 2.68 bits per heavy atom. The van der Waals surface area contributed by atoms with Crippen LogP contribution in [0.15, 0.2) is 47.7 Å². The zero-order chi connectivity index (χ0) is 20.2. The van der Waals surface area contributed by atoms with E-state index in [0.29, 0.717) is 19.6 Å². The molecule has 2 aromatic rings. The van der Waals surface area contributed by atoms with Crippen molar-refractivity contribution < 1.29 is 8.42 Å². The third kappa shape index (κ3) is 4.73. The Hall–Kier alpha value is -2.35. The van der Waals surface area contributed by atoms with Gasteiger partial charge in [0.25, 0.3) is 0 Å². The second kappa shape index (κ2) is 8.34. The van der Waals surface area contributed by atoms with Gasteiger partial charge in [0.15, 0.2) is 15.8 Å². The van der Waals surface area contributed by atoms with E-state index in [4.69, 9.17) is 4.99 Å². The Balaban J connectivity index is 1.68. The summed E-state index contributed by atoms with van der Waals surface area (Å²) >= 11 is 0. The molecule has 0 aliphatic carbocycles. The van der Waals surface area contributed by atoms with Crippen LogP contribution in [0.3, 0.4) is 0 Å². The van der Waals surface area contributed by atoms with E-state index in [0.717, 1.165) is 24.6 Å². The summed E-state index contributed by atoms with van der Waals surface area (Å²) < 4.78 is 25.7. The number of guanidine groups is 1. The molecule has 1 saturated heterocycles. The Bertz CT molecular complexity index is 919. The van der Waals surface area contributed by atoms with Crippen LogP contribution in [0.4, 0.5) is 0 Å². The number of nitrogens with zero attached hydrogens (tertiary/aromatic N) is 4. The van der Waals surface area contributed by atoms with E-state index >= 15 is 0 Å². The van der Waals surface area contributed by atoms with Gasteiger partial charge in [0, 0.05) is 31.4 Å². The number of rotatable bonds is 5. The summed E-state index contributed by atoms with van der Waals surface area (Å²) in [5.41, 5.74) is 2.22. The van der Waals surface area contributed by atoms with Gasteiger partial charge in [-0.25, -0.2) is 13.4 Å². The number of aliphatic imine (C=N–C) groups is 1. The fraction of sp³-hybridized carbons (Fsp3) is 0.500. The minimum atomic E-state index is -3.07. The van der Waals surface area contributed by atoms with Crippen LogP contribution >= 0.6 is 0 Å². The summed E-state index contributed by atoms with van der Waals surface area (Å²) in [7, 11) is -3.07. The van der Waals surface area contributed by atoms with Crippen LogP contribution in [0.2, 0.25) is 0 Å². The Kier molecular flexibility index (Phi) is 6.07. The number of sulfone groups is 1. The topological polar surface area (TPSA) is 79.6 Å². The lowest BCUT2D eigenvalue weighted by Crippen LogP contribution is -2.57. The second-order valence-corrected chi connectivity index (χ2v) is 10.4. The van der Waals surface area contributed by atoms with E-state index in [-0.39, 0.29) is 5.75 Å². The van der Waals surface area contributed by atoms with Gasteiger partial charge in [-0.1, -0.05) is 30.3 Å². The van der Waals surface area contributed by atoms with Crippen molar-refractivity contribution in [2.75, 3.05) is 25.4 Å². The second-order valence-electron chi connectivity index (χ2n) is 7.70. The molecule has 0 amide bonds. The molecule has 1 N–H and O–H groups in total. The zero-order valence-electron chi connectivity index (χ0n) is 16.8. The van der Waals surface area contributed by atoms with Crippen molar-refractivity contribution >= 4 is 15.8 Å². The molecule has 1 fully saturated rings. The van der Waals surface area contributed by atoms with Gasteiger partial charge in [-0.2, -0.15) is 5.10 Å². The first-order valence-corrected chi connectivity index (χ1v) is 11.3. The van der Waals surface area contributed by atoms with E-state index in [1.165, 1.54) is 5.56 Å². The highest BCUT2D eigenvalue weighted by Gasteiger charge is 2.40. The summed E-state index contributed by atoms with van der Waals surface area (Å²) in [6.45, 7) is 8.44. The first kappa shape index (κ1) is 20.4. The molecule has 0 unspecified atom stereocenters. The van der Waals surface area contributed by atoms with Crippen LogP contribution in [0.5, 0.6) is 0 Å². The fourth-order valence-corrected chi connectivity index (χ4v) is 4.63. The van der Waals surface area contributed by atoms with Gasteiger partial charge < -0.3 is 10.2 Å². The lowest BCUT2D eigenvalue weighted by Gasteiger charge is -2.39. The molecule has 0 spiro atoms. The normalized spacial score (nSPS) is 18.8. The van der Waals surface area contributed by atoms with E-state index < -0.39 is 14.6 Å². The molecule has 3 rings (SSSR count). The van der Waals surface area contributed by atoms with Gasteiger partial charge in [0.1, 0.15) is 0 Å². The van der Waals surface area contributed by atoms with E-state index in [9.17, 15) is 8.42 Å². The average Bonchev–Trinajstić information content (AvgIpc) is 3.09. The minimum absolute atomic E-state index is 0.152. The fourth-order valence-electron chi connectivity index (χ4n) is 3.26. The van der Waals surface area contributed by atoms with Crippen molar-refractivity contribution in [3.8, 4) is 0 Å². The van der Waals surface area contributed by atoms with Crippen LogP contribution in [-0.4, -0.2) is 59.2 Å². The number of aromatic nitrogens is 2. The molecule has 1 aromatic heterocycles. The maximum atomic E-state index is 12.3. The van der Waals surface area contributed by atoms with Crippen molar-refractivity contribution in [3.63, 3.8) is 0 Å². The zero-order valence-corrected chi connectivity index (χ0v) is 17.6. The van der Waals surface area contributed by atoms with Crippen molar-refractivity contribution in [1.82, 2.24) is 20.0 Å². The molecule has 1 aliphatic heterocycles. The minimum Gasteiger partial charge on any atom is -0.357 e. The number of hydrogen-bond acceptors (Lipinski definition) is 4. The van der Waals surface area contributed by atoms with Gasteiger partial charge >= 0.3 is 0 Å². The molecular formula is C20H29N5O2S. The molecule has 7 nitrogen and oxygen atoms in total. The molecule has 1 aliphatic rings. The Morgan fingerprint density at radius 2 is 2.00 bits per heavy atom. The van der Waals surface area contributed by atoms with Crippen molar-refractivity contribution in [3.05, 3.63) is 53.9 Å². The molecule has 0 bridgehead atoms. The molecule has 0 saturated carbocycles. The summed E-state index contributed by atoms with van der Waals surface area (Å²) in [5.74, 6) is 0.903. The SMILES string of the molecule is CCNC(=NCc1cnn(Cc2ccccc2)c1)N1CCS(=O)(=O)C(C)(C)C1. The van der Waals surface area contributed by atoms with Crippen molar-refractivity contribution in [1.29, 1.82) is 0 Å². The first-order valence-electron chi connectivity index (χ1n) is 9.61. The van der Waals surface area contributed by atoms with Crippen LogP contribution in [0.25, 0.3) is 0 Å². The predicted molar refractivity (Wildman–Crippen MR) is 112 cm³/mol. The standard InChI is InChI=1S/C20H29N5O2S/c1-4-21-19(24-10-11-28(26,27)20(2,3)16-24)22-12-18-13-23-25(15-18)14-17-8-6-5-7-9-17/h5-9,13,15H,4,10-12,14,16H2,1-3H3,(H,21,22). The van der Waals surface area contributed by atoms with Crippen molar-refractivity contribution in [2.45, 2.75) is 38.6 Å². The van der Waals surface area contributed by atoms with Crippen molar-refractivity contribution in [2.24, 2.45) is 4.99 Å². The molecule has 8 heteroatoms. The largest absolute Gasteiger partial charge is 0.357 e. The summed E-state index contributed by atoms with van der Waals surface area (Å²) in [6.07, 6.45) is 3.84. The molecule has 2 heterocycles. The first-order chi connectivity index (χ1) is 13.3. The molecule has 0 radical (unpaired) electrons. The maximum absolute atomic E-state index is 12.3. The monoisotopic (exact) mass is 403 g/mol. The number of benzene rings is 1. The molecule has 1 aromatic carbocycles. The van der Waals surface area contributed by atoms with Crippen LogP contribution in [0, 0.1) is 0 Å². The summed E-state index contributed by atoms with van der Waals surface area (Å²) in [4.78, 5) is 6.76. The predicted octanol–water partition coefficient (Wildman–Crippen LogP) is 1.91. The van der Waals surface area contributed by atoms with E-state index in [1.54, 1.807) is 13.8 Å². The lowest BCUT2D eigenvalue weighted by atomic mass is 10.2. The Labute approximate surface area is 167 Å². The molecule has 28 heavy (non-hydrogen) atoms. The highest BCUT2D eigenvalue weighted by atomic mass is 32.2.